The number of carbonyl (C=O) groups excluding carboxylic acids is 2. The van der Waals surface area contributed by atoms with Gasteiger partial charge in [-0.15, -0.1) is 0 Å². The quantitative estimate of drug-likeness (QED) is 0.489. The van der Waals surface area contributed by atoms with Gasteiger partial charge in [0.05, 0.1) is 5.69 Å². The molecule has 0 aliphatic heterocycles. The lowest BCUT2D eigenvalue weighted by Crippen LogP contribution is -2.14. The molecule has 2 aromatic rings. The third-order valence-corrected chi connectivity index (χ3v) is 3.39. The largest absolute Gasteiger partial charge is 0.424 e. The molecular weight excluding hydrogens is 381 g/mol. The van der Waals surface area contributed by atoms with Crippen molar-refractivity contribution < 1.29 is 14.3 Å². The van der Waals surface area contributed by atoms with Crippen LogP contribution in [0.4, 0.5) is 5.69 Å². The van der Waals surface area contributed by atoms with Gasteiger partial charge < -0.3 is 10.1 Å². The summed E-state index contributed by atoms with van der Waals surface area (Å²) in [7, 11) is 0. The molecule has 0 heterocycles. The van der Waals surface area contributed by atoms with Gasteiger partial charge in [0.25, 0.3) is 5.91 Å². The molecule has 0 aliphatic carbocycles. The molecule has 21 heavy (non-hydrogen) atoms. The number of hydrogen-bond acceptors (Lipinski definition) is 3. The number of halogens is 1. The molecule has 0 atom stereocenters. The number of benzene rings is 2. The average molecular weight is 395 g/mol. The van der Waals surface area contributed by atoms with E-state index in [1.165, 1.54) is 6.92 Å². The van der Waals surface area contributed by atoms with Crippen molar-refractivity contribution in [1.82, 2.24) is 0 Å². The molecule has 0 spiro atoms. The van der Waals surface area contributed by atoms with Gasteiger partial charge in [-0.3, -0.25) is 9.59 Å². The van der Waals surface area contributed by atoms with Crippen LogP contribution in [0.5, 0.6) is 5.75 Å². The predicted molar refractivity (Wildman–Crippen MR) is 89.6 cm³/mol. The Balaban J connectivity index is 2.27. The molecule has 4 nitrogen and oxygen atoms in total. The number of aryl methyl sites for hydroxylation is 1. The fourth-order valence-electron chi connectivity index (χ4n) is 1.81. The fourth-order valence-corrected chi connectivity index (χ4v) is 2.35. The van der Waals surface area contributed by atoms with Crippen LogP contribution in [0, 0.1) is 10.5 Å². The van der Waals surface area contributed by atoms with Crippen molar-refractivity contribution in [3.8, 4) is 5.75 Å². The van der Waals surface area contributed by atoms with E-state index in [2.05, 4.69) is 27.9 Å². The molecule has 2 aromatic carbocycles. The maximum Gasteiger partial charge on any atom is 0.308 e. The number of nitrogens with one attached hydrogen (secondary N) is 1. The van der Waals surface area contributed by atoms with Crippen LogP contribution in [0.1, 0.15) is 22.8 Å². The van der Waals surface area contributed by atoms with E-state index in [1.54, 1.807) is 24.3 Å². The Morgan fingerprint density at radius 1 is 1.14 bits per heavy atom. The van der Waals surface area contributed by atoms with E-state index in [0.29, 0.717) is 17.0 Å². The Kier molecular flexibility index (Phi) is 4.95. The second kappa shape index (κ2) is 6.71. The lowest BCUT2D eigenvalue weighted by molar-refractivity contribution is -0.131. The minimum atomic E-state index is -0.427. The molecule has 0 fully saturated rings. The van der Waals surface area contributed by atoms with E-state index in [0.717, 1.165) is 9.13 Å². The number of anilines is 1. The molecule has 2 rings (SSSR count). The summed E-state index contributed by atoms with van der Waals surface area (Å²) in [6, 6.07) is 12.5. The van der Waals surface area contributed by atoms with Crippen molar-refractivity contribution in [2.75, 3.05) is 5.32 Å². The molecular formula is C16H14INO3. The number of esters is 1. The third kappa shape index (κ3) is 4.29. The van der Waals surface area contributed by atoms with E-state index in [-0.39, 0.29) is 5.91 Å². The monoisotopic (exact) mass is 395 g/mol. The molecule has 5 heteroatoms. The van der Waals surface area contributed by atoms with Crippen molar-refractivity contribution in [2.24, 2.45) is 0 Å². The fraction of sp³-hybridized carbons (Fsp3) is 0.125. The molecule has 0 radical (unpaired) electrons. The highest BCUT2D eigenvalue weighted by molar-refractivity contribution is 14.1. The summed E-state index contributed by atoms with van der Waals surface area (Å²) >= 11 is 2.15. The Morgan fingerprint density at radius 3 is 2.57 bits per heavy atom. The van der Waals surface area contributed by atoms with Crippen LogP contribution in [-0.2, 0) is 4.79 Å². The molecule has 1 N–H and O–H groups in total. The maximum absolute atomic E-state index is 12.3. The normalized spacial score (nSPS) is 10.0. The third-order valence-electron chi connectivity index (χ3n) is 2.72. The lowest BCUT2D eigenvalue weighted by atomic mass is 10.1. The predicted octanol–water partition coefficient (Wildman–Crippen LogP) is 3.78. The zero-order valence-electron chi connectivity index (χ0n) is 11.6. The number of amides is 1. The number of ether oxygens (including phenoxy) is 1. The molecule has 0 saturated heterocycles. The van der Waals surface area contributed by atoms with E-state index >= 15 is 0 Å². The summed E-state index contributed by atoms with van der Waals surface area (Å²) in [5.74, 6) is -0.330. The Morgan fingerprint density at radius 2 is 1.90 bits per heavy atom. The molecule has 0 saturated carbocycles. The first kappa shape index (κ1) is 15.5. The van der Waals surface area contributed by atoms with Crippen LogP contribution < -0.4 is 10.1 Å². The van der Waals surface area contributed by atoms with Crippen molar-refractivity contribution in [2.45, 2.75) is 13.8 Å². The van der Waals surface area contributed by atoms with E-state index in [1.807, 2.05) is 25.1 Å². The minimum absolute atomic E-state index is 0.243. The van der Waals surface area contributed by atoms with Crippen molar-refractivity contribution in [1.29, 1.82) is 0 Å². The smallest absolute Gasteiger partial charge is 0.308 e. The van der Waals surface area contributed by atoms with Gasteiger partial charge in [0.15, 0.2) is 5.75 Å². The van der Waals surface area contributed by atoms with Crippen LogP contribution in [0.25, 0.3) is 0 Å². The van der Waals surface area contributed by atoms with E-state index in [9.17, 15) is 9.59 Å². The van der Waals surface area contributed by atoms with E-state index < -0.39 is 5.97 Å². The summed E-state index contributed by atoms with van der Waals surface area (Å²) in [5, 5.41) is 2.78. The summed E-state index contributed by atoms with van der Waals surface area (Å²) in [6.45, 7) is 3.23. The molecule has 1 amide bonds. The summed E-state index contributed by atoms with van der Waals surface area (Å²) in [5.41, 5.74) is 2.00. The summed E-state index contributed by atoms with van der Waals surface area (Å²) in [6.07, 6.45) is 0. The first-order valence-electron chi connectivity index (χ1n) is 6.31. The van der Waals surface area contributed by atoms with Crippen molar-refractivity contribution in [3.63, 3.8) is 0 Å². The average Bonchev–Trinajstić information content (AvgIpc) is 2.41. The highest BCUT2D eigenvalue weighted by atomic mass is 127. The summed E-state index contributed by atoms with van der Waals surface area (Å²) < 4.78 is 6.08. The van der Waals surface area contributed by atoms with Gasteiger partial charge in [0, 0.05) is 16.1 Å². The number of hydrogen-bond donors (Lipinski definition) is 1. The van der Waals surface area contributed by atoms with Crippen LogP contribution in [0.3, 0.4) is 0 Å². The minimum Gasteiger partial charge on any atom is -0.424 e. The van der Waals surface area contributed by atoms with Crippen LogP contribution in [0.15, 0.2) is 42.5 Å². The Bertz CT molecular complexity index is 698. The summed E-state index contributed by atoms with van der Waals surface area (Å²) in [4.78, 5) is 23.4. The molecule has 0 aromatic heterocycles. The van der Waals surface area contributed by atoms with Gasteiger partial charge in [0.2, 0.25) is 0 Å². The van der Waals surface area contributed by atoms with E-state index in [4.69, 9.17) is 4.74 Å². The second-order valence-electron chi connectivity index (χ2n) is 4.56. The molecule has 0 bridgehead atoms. The van der Waals surface area contributed by atoms with Gasteiger partial charge in [-0.25, -0.2) is 0 Å². The first-order chi connectivity index (χ1) is 9.95. The van der Waals surface area contributed by atoms with Crippen LogP contribution in [0.2, 0.25) is 0 Å². The number of rotatable bonds is 3. The van der Waals surface area contributed by atoms with Crippen LogP contribution in [-0.4, -0.2) is 11.9 Å². The van der Waals surface area contributed by atoms with Gasteiger partial charge in [0.1, 0.15) is 0 Å². The van der Waals surface area contributed by atoms with Gasteiger partial charge in [-0.2, -0.15) is 0 Å². The zero-order valence-corrected chi connectivity index (χ0v) is 13.8. The molecule has 0 aliphatic rings. The lowest BCUT2D eigenvalue weighted by Gasteiger charge is -2.11. The van der Waals surface area contributed by atoms with Crippen molar-refractivity contribution in [3.05, 3.63) is 57.2 Å². The Labute approximate surface area is 136 Å². The topological polar surface area (TPSA) is 55.4 Å². The van der Waals surface area contributed by atoms with Crippen molar-refractivity contribution >= 4 is 40.2 Å². The molecule has 0 unspecified atom stereocenters. The van der Waals surface area contributed by atoms with Crippen LogP contribution >= 0.6 is 22.6 Å². The van der Waals surface area contributed by atoms with Gasteiger partial charge >= 0.3 is 5.97 Å². The van der Waals surface area contributed by atoms with Gasteiger partial charge in [-0.1, -0.05) is 12.1 Å². The SMILES string of the molecule is CC(=O)Oc1ccc(C)cc1NC(=O)c1cccc(I)c1. The van der Waals surface area contributed by atoms with Gasteiger partial charge in [-0.05, 0) is 65.4 Å². The first-order valence-corrected chi connectivity index (χ1v) is 7.39. The maximum atomic E-state index is 12.3. The standard InChI is InChI=1S/C16H14INO3/c1-10-6-7-15(21-11(2)19)14(8-10)18-16(20)12-4-3-5-13(17)9-12/h3-9H,1-2H3,(H,18,20). The Hall–Kier alpha value is -1.89. The molecule has 108 valence electrons. The highest BCUT2D eigenvalue weighted by Crippen LogP contribution is 2.26. The number of carbonyl (C=O) groups is 2. The highest BCUT2D eigenvalue weighted by Gasteiger charge is 2.12. The second-order valence-corrected chi connectivity index (χ2v) is 5.80. The zero-order chi connectivity index (χ0) is 15.4.